The molecule has 0 unspecified atom stereocenters. The van der Waals surface area contributed by atoms with Crippen molar-refractivity contribution in [3.8, 4) is 0 Å². The standard InChI is InChI=1S/C15H28O4.K.H/c1-5-6-7-8-9-10-11-15(12(16)17,13(18)19)14(2,3)4;;/h5-11H2,1-4H3,(H,16,17)(H,18,19);;/q;+1;-1. The Labute approximate surface area is 166 Å². The second-order valence-electron chi connectivity index (χ2n) is 6.28. The molecule has 2 N–H and O–H groups in total. The number of carboxylic acids is 2. The Bertz CT molecular complexity index is 299. The van der Waals surface area contributed by atoms with E-state index < -0.39 is 22.8 Å². The van der Waals surface area contributed by atoms with Gasteiger partial charge in [-0.05, 0) is 11.8 Å². The minimum atomic E-state index is -1.68. The molecule has 0 saturated heterocycles. The van der Waals surface area contributed by atoms with Gasteiger partial charge in [-0.25, -0.2) is 0 Å². The quantitative estimate of drug-likeness (QED) is 0.379. The fourth-order valence-corrected chi connectivity index (χ4v) is 2.49. The van der Waals surface area contributed by atoms with Gasteiger partial charge in [-0.15, -0.1) is 0 Å². The molecule has 0 heterocycles. The molecule has 0 spiro atoms. The van der Waals surface area contributed by atoms with Crippen molar-refractivity contribution in [1.82, 2.24) is 0 Å². The van der Waals surface area contributed by atoms with Crippen molar-refractivity contribution < 1.29 is 72.6 Å². The van der Waals surface area contributed by atoms with Crippen LogP contribution in [-0.2, 0) is 9.59 Å². The van der Waals surface area contributed by atoms with E-state index in [4.69, 9.17) is 0 Å². The van der Waals surface area contributed by atoms with Crippen LogP contribution in [0.2, 0.25) is 0 Å². The van der Waals surface area contributed by atoms with Gasteiger partial charge in [-0.2, -0.15) is 0 Å². The molecule has 0 aromatic rings. The molecule has 0 amide bonds. The summed E-state index contributed by atoms with van der Waals surface area (Å²) in [4.78, 5) is 23.0. The first kappa shape index (κ1) is 22.9. The number of aliphatic carboxylic acids is 2. The summed E-state index contributed by atoms with van der Waals surface area (Å²) in [5.41, 5.74) is -2.48. The topological polar surface area (TPSA) is 74.6 Å². The third kappa shape index (κ3) is 6.14. The largest absolute Gasteiger partial charge is 1.00 e. The maximum atomic E-state index is 11.5. The Morgan fingerprint density at radius 1 is 0.900 bits per heavy atom. The van der Waals surface area contributed by atoms with Crippen molar-refractivity contribution >= 4 is 11.9 Å². The van der Waals surface area contributed by atoms with Crippen LogP contribution in [0.15, 0.2) is 0 Å². The van der Waals surface area contributed by atoms with Crippen LogP contribution in [0.1, 0.15) is 74.1 Å². The van der Waals surface area contributed by atoms with E-state index in [9.17, 15) is 19.8 Å². The molecule has 114 valence electrons. The molecular weight excluding hydrogens is 283 g/mol. The van der Waals surface area contributed by atoms with Gasteiger partial charge in [0.15, 0.2) is 5.41 Å². The third-order valence-corrected chi connectivity index (χ3v) is 3.92. The molecule has 0 aliphatic heterocycles. The Hall–Kier alpha value is 0.576. The maximum absolute atomic E-state index is 11.5. The monoisotopic (exact) mass is 312 g/mol. The fraction of sp³-hybridized carbons (Fsp3) is 0.867. The molecule has 0 rings (SSSR count). The Morgan fingerprint density at radius 3 is 1.65 bits per heavy atom. The second kappa shape index (κ2) is 10.3. The molecule has 0 aliphatic carbocycles. The molecule has 20 heavy (non-hydrogen) atoms. The van der Waals surface area contributed by atoms with E-state index >= 15 is 0 Å². The first-order valence-corrected chi connectivity index (χ1v) is 7.17. The molecule has 5 heteroatoms. The average Bonchev–Trinajstić information content (AvgIpc) is 2.25. The van der Waals surface area contributed by atoms with Crippen molar-refractivity contribution in [3.63, 3.8) is 0 Å². The molecule has 0 aromatic heterocycles. The second-order valence-corrected chi connectivity index (χ2v) is 6.28. The first-order chi connectivity index (χ1) is 8.70. The summed E-state index contributed by atoms with van der Waals surface area (Å²) in [6.07, 6.45) is 6.29. The summed E-state index contributed by atoms with van der Waals surface area (Å²) in [6, 6.07) is 0. The minimum Gasteiger partial charge on any atom is -1.00 e. The molecule has 0 aromatic carbocycles. The number of carboxylic acid groups (broad SMARTS) is 2. The van der Waals surface area contributed by atoms with Crippen molar-refractivity contribution in [2.75, 3.05) is 0 Å². The van der Waals surface area contributed by atoms with Gasteiger partial charge in [0.25, 0.3) is 0 Å². The summed E-state index contributed by atoms with van der Waals surface area (Å²) >= 11 is 0. The van der Waals surface area contributed by atoms with Crippen LogP contribution in [0, 0.1) is 10.8 Å². The summed E-state index contributed by atoms with van der Waals surface area (Å²) in [7, 11) is 0. The van der Waals surface area contributed by atoms with Gasteiger partial charge >= 0.3 is 63.3 Å². The van der Waals surface area contributed by atoms with Crippen molar-refractivity contribution in [2.45, 2.75) is 72.6 Å². The molecule has 0 fully saturated rings. The van der Waals surface area contributed by atoms with Crippen LogP contribution >= 0.6 is 0 Å². The SMILES string of the molecule is CCCCCCCCC(C(=O)O)(C(=O)O)C(C)(C)C.[H-].[K+]. The summed E-state index contributed by atoms with van der Waals surface area (Å²) in [5.74, 6) is -2.44. The van der Waals surface area contributed by atoms with Gasteiger partial charge in [-0.3, -0.25) is 9.59 Å². The number of hydrogen-bond donors (Lipinski definition) is 2. The number of carbonyl (C=O) groups is 2. The van der Waals surface area contributed by atoms with Gasteiger partial charge in [-0.1, -0.05) is 66.2 Å². The zero-order chi connectivity index (χ0) is 15.1. The summed E-state index contributed by atoms with van der Waals surface area (Å²) in [5, 5.41) is 18.8. The Morgan fingerprint density at radius 2 is 1.30 bits per heavy atom. The zero-order valence-electron chi connectivity index (χ0n) is 14.7. The molecule has 0 aliphatic rings. The van der Waals surface area contributed by atoms with E-state index in [2.05, 4.69) is 6.92 Å². The first-order valence-electron chi connectivity index (χ1n) is 7.17. The molecule has 4 nitrogen and oxygen atoms in total. The van der Waals surface area contributed by atoms with E-state index in [0.29, 0.717) is 6.42 Å². The van der Waals surface area contributed by atoms with Gasteiger partial charge < -0.3 is 11.6 Å². The van der Waals surface area contributed by atoms with Gasteiger partial charge in [0.1, 0.15) is 0 Å². The predicted molar refractivity (Wildman–Crippen MR) is 76.3 cm³/mol. The van der Waals surface area contributed by atoms with Crippen LogP contribution in [0.5, 0.6) is 0 Å². The average molecular weight is 312 g/mol. The van der Waals surface area contributed by atoms with E-state index in [-0.39, 0.29) is 59.2 Å². The van der Waals surface area contributed by atoms with Crippen LogP contribution in [-0.4, -0.2) is 22.2 Å². The van der Waals surface area contributed by atoms with E-state index in [1.165, 1.54) is 6.42 Å². The number of hydrogen-bond acceptors (Lipinski definition) is 2. The van der Waals surface area contributed by atoms with E-state index in [1.54, 1.807) is 20.8 Å². The fourth-order valence-electron chi connectivity index (χ4n) is 2.49. The predicted octanol–water partition coefficient (Wildman–Crippen LogP) is 1.06. The Balaban J connectivity index is -0.00000162. The van der Waals surface area contributed by atoms with Crippen LogP contribution in [0.4, 0.5) is 0 Å². The van der Waals surface area contributed by atoms with Gasteiger partial charge in [0.2, 0.25) is 0 Å². The molecule has 0 atom stereocenters. The van der Waals surface area contributed by atoms with E-state index in [0.717, 1.165) is 25.7 Å². The molecular formula is C15H29KO4. The minimum absolute atomic E-state index is 0. The third-order valence-electron chi connectivity index (χ3n) is 3.92. The maximum Gasteiger partial charge on any atom is 1.00 e. The van der Waals surface area contributed by atoms with Crippen molar-refractivity contribution in [2.24, 2.45) is 10.8 Å². The van der Waals surface area contributed by atoms with Crippen LogP contribution in [0.25, 0.3) is 0 Å². The molecule has 0 saturated carbocycles. The van der Waals surface area contributed by atoms with Gasteiger partial charge in [0, 0.05) is 0 Å². The Kier molecular flexibility index (Phi) is 11.8. The molecule has 0 radical (unpaired) electrons. The van der Waals surface area contributed by atoms with Crippen LogP contribution < -0.4 is 51.4 Å². The summed E-state index contributed by atoms with van der Waals surface area (Å²) < 4.78 is 0. The van der Waals surface area contributed by atoms with Gasteiger partial charge in [0.05, 0.1) is 0 Å². The van der Waals surface area contributed by atoms with Crippen molar-refractivity contribution in [3.05, 3.63) is 0 Å². The normalized spacial score (nSPS) is 11.8. The van der Waals surface area contributed by atoms with Crippen molar-refractivity contribution in [1.29, 1.82) is 0 Å². The number of rotatable bonds is 9. The smallest absolute Gasteiger partial charge is 1.00 e. The van der Waals surface area contributed by atoms with Crippen LogP contribution in [0.3, 0.4) is 0 Å². The zero-order valence-corrected chi connectivity index (χ0v) is 16.8. The number of unbranched alkanes of at least 4 members (excludes halogenated alkanes) is 5. The van der Waals surface area contributed by atoms with E-state index in [1.807, 2.05) is 0 Å². The summed E-state index contributed by atoms with van der Waals surface area (Å²) in [6.45, 7) is 7.20. The molecule has 0 bridgehead atoms.